The van der Waals surface area contributed by atoms with Gasteiger partial charge in [-0.15, -0.1) is 0 Å². The third kappa shape index (κ3) is 3.51. The number of piperidine rings is 1. The number of pyridine rings is 1. The Bertz CT molecular complexity index is 1060. The molecular weight excluding hydrogens is 390 g/mol. The lowest BCUT2D eigenvalue weighted by molar-refractivity contribution is -0.386. The molecule has 1 aromatic heterocycles. The van der Waals surface area contributed by atoms with Gasteiger partial charge in [-0.25, -0.2) is 0 Å². The number of amides is 1. The standard InChI is InChI=1S/C21H23N3O6/c1-29-18-6-3-13(8-19(18)30-2)9-20(25)22-10-14-7-15(12-22)16-4-5-17(24(27)28)21(26)23(16)11-14/h3-6,8,14-15H,7,9-12H2,1-2H3/t14-,15+/m1/s1. The highest BCUT2D eigenvalue weighted by Crippen LogP contribution is 2.36. The van der Waals surface area contributed by atoms with Crippen molar-refractivity contribution in [1.29, 1.82) is 0 Å². The molecule has 2 atom stereocenters. The third-order valence-corrected chi connectivity index (χ3v) is 5.94. The van der Waals surface area contributed by atoms with Gasteiger partial charge in [-0.1, -0.05) is 6.07 Å². The van der Waals surface area contributed by atoms with E-state index in [1.165, 1.54) is 10.6 Å². The first-order valence-electron chi connectivity index (χ1n) is 9.78. The highest BCUT2D eigenvalue weighted by molar-refractivity contribution is 5.79. The average Bonchev–Trinajstić information content (AvgIpc) is 2.74. The minimum atomic E-state index is -0.640. The van der Waals surface area contributed by atoms with Gasteiger partial charge in [0.1, 0.15) is 0 Å². The molecule has 1 fully saturated rings. The Hall–Kier alpha value is -3.36. The summed E-state index contributed by atoms with van der Waals surface area (Å²) < 4.78 is 12.1. The first kappa shape index (κ1) is 19.9. The number of hydrogen-bond donors (Lipinski definition) is 0. The van der Waals surface area contributed by atoms with Crippen LogP contribution in [0, 0.1) is 16.0 Å². The average molecular weight is 413 g/mol. The molecule has 0 N–H and O–H groups in total. The maximum Gasteiger partial charge on any atom is 0.334 e. The summed E-state index contributed by atoms with van der Waals surface area (Å²) in [6.07, 6.45) is 1.12. The molecule has 9 heteroatoms. The van der Waals surface area contributed by atoms with Gasteiger partial charge in [0.05, 0.1) is 25.6 Å². The van der Waals surface area contributed by atoms with Crippen LogP contribution in [0.25, 0.3) is 0 Å². The summed E-state index contributed by atoms with van der Waals surface area (Å²) in [5, 5.41) is 11.1. The number of rotatable bonds is 5. The Morgan fingerprint density at radius 1 is 1.13 bits per heavy atom. The van der Waals surface area contributed by atoms with Crippen LogP contribution in [0.1, 0.15) is 23.6 Å². The molecular formula is C21H23N3O6. The van der Waals surface area contributed by atoms with Crippen LogP contribution in [0.3, 0.4) is 0 Å². The summed E-state index contributed by atoms with van der Waals surface area (Å²) in [7, 11) is 3.12. The van der Waals surface area contributed by atoms with Gasteiger partial charge < -0.3 is 18.9 Å². The smallest absolute Gasteiger partial charge is 0.334 e. The number of carbonyl (C=O) groups is 1. The van der Waals surface area contributed by atoms with Crippen molar-refractivity contribution in [1.82, 2.24) is 9.47 Å². The summed E-state index contributed by atoms with van der Waals surface area (Å²) in [5.41, 5.74) is 0.642. The quantitative estimate of drug-likeness (QED) is 0.548. The number of nitro groups is 1. The van der Waals surface area contributed by atoms with E-state index in [1.807, 2.05) is 11.0 Å². The summed E-state index contributed by atoms with van der Waals surface area (Å²) in [4.78, 5) is 37.7. The number of carbonyl (C=O) groups excluding carboxylic acids is 1. The van der Waals surface area contributed by atoms with E-state index in [-0.39, 0.29) is 24.2 Å². The van der Waals surface area contributed by atoms with Crippen LogP contribution < -0.4 is 15.0 Å². The minimum absolute atomic E-state index is 0.000331. The summed E-state index contributed by atoms with van der Waals surface area (Å²) >= 11 is 0. The molecule has 2 aliphatic heterocycles. The number of likely N-dealkylation sites (tertiary alicyclic amines) is 1. The lowest BCUT2D eigenvalue weighted by atomic mass is 9.83. The molecule has 2 bridgehead atoms. The van der Waals surface area contributed by atoms with Crippen LogP contribution in [0.5, 0.6) is 11.5 Å². The fraction of sp³-hybridized carbons (Fsp3) is 0.429. The number of methoxy groups -OCH3 is 2. The summed E-state index contributed by atoms with van der Waals surface area (Å²) in [6, 6.07) is 8.36. The molecule has 1 aromatic carbocycles. The molecule has 1 saturated heterocycles. The van der Waals surface area contributed by atoms with Gasteiger partial charge in [-0.3, -0.25) is 19.7 Å². The van der Waals surface area contributed by atoms with Crippen molar-refractivity contribution in [2.24, 2.45) is 5.92 Å². The monoisotopic (exact) mass is 413 g/mol. The topological polar surface area (TPSA) is 104 Å². The first-order chi connectivity index (χ1) is 14.4. The zero-order valence-corrected chi connectivity index (χ0v) is 16.9. The molecule has 158 valence electrons. The fourth-order valence-corrected chi connectivity index (χ4v) is 4.55. The first-order valence-corrected chi connectivity index (χ1v) is 9.78. The van der Waals surface area contributed by atoms with Crippen molar-refractivity contribution in [3.05, 3.63) is 62.1 Å². The van der Waals surface area contributed by atoms with Crippen molar-refractivity contribution in [2.45, 2.75) is 25.3 Å². The number of fused-ring (bicyclic) bond motifs is 4. The Kier molecular flexibility index (Phi) is 5.19. The second-order valence-electron chi connectivity index (χ2n) is 7.78. The lowest BCUT2D eigenvalue weighted by Crippen LogP contribution is -2.49. The maximum absolute atomic E-state index is 13.0. The van der Waals surface area contributed by atoms with Crippen LogP contribution in [-0.4, -0.2) is 47.6 Å². The van der Waals surface area contributed by atoms with Crippen molar-refractivity contribution in [2.75, 3.05) is 27.3 Å². The summed E-state index contributed by atoms with van der Waals surface area (Å²) in [5.74, 6) is 1.30. The van der Waals surface area contributed by atoms with Crippen molar-refractivity contribution < 1.29 is 19.2 Å². The van der Waals surface area contributed by atoms with Gasteiger partial charge in [0, 0.05) is 37.3 Å². The Morgan fingerprint density at radius 3 is 2.60 bits per heavy atom. The lowest BCUT2D eigenvalue weighted by Gasteiger charge is -2.42. The molecule has 4 rings (SSSR count). The fourth-order valence-electron chi connectivity index (χ4n) is 4.55. The molecule has 9 nitrogen and oxygen atoms in total. The Morgan fingerprint density at radius 2 is 1.90 bits per heavy atom. The molecule has 0 saturated carbocycles. The van der Waals surface area contributed by atoms with Crippen LogP contribution >= 0.6 is 0 Å². The van der Waals surface area contributed by atoms with Crippen LogP contribution in [-0.2, 0) is 17.8 Å². The second-order valence-corrected chi connectivity index (χ2v) is 7.78. The molecule has 0 spiro atoms. The Balaban J connectivity index is 1.53. The van der Waals surface area contributed by atoms with E-state index >= 15 is 0 Å². The number of nitrogens with zero attached hydrogens (tertiary/aromatic N) is 3. The number of aromatic nitrogens is 1. The molecule has 2 aromatic rings. The minimum Gasteiger partial charge on any atom is -0.493 e. The third-order valence-electron chi connectivity index (χ3n) is 5.94. The van der Waals surface area contributed by atoms with E-state index in [1.54, 1.807) is 32.4 Å². The zero-order valence-electron chi connectivity index (χ0n) is 16.9. The van der Waals surface area contributed by atoms with E-state index < -0.39 is 16.2 Å². The Labute approximate surface area is 173 Å². The molecule has 2 aliphatic rings. The van der Waals surface area contributed by atoms with E-state index in [2.05, 4.69) is 0 Å². The number of hydrogen-bond acceptors (Lipinski definition) is 6. The van der Waals surface area contributed by atoms with Crippen LogP contribution in [0.15, 0.2) is 35.1 Å². The number of benzene rings is 1. The highest BCUT2D eigenvalue weighted by Gasteiger charge is 2.37. The largest absolute Gasteiger partial charge is 0.493 e. The predicted octanol–water partition coefficient (Wildman–Crippen LogP) is 1.96. The van der Waals surface area contributed by atoms with Crippen LogP contribution in [0.4, 0.5) is 5.69 Å². The van der Waals surface area contributed by atoms with E-state index in [0.717, 1.165) is 17.7 Å². The maximum atomic E-state index is 13.0. The van der Waals surface area contributed by atoms with Gasteiger partial charge in [0.25, 0.3) is 0 Å². The van der Waals surface area contributed by atoms with Crippen molar-refractivity contribution in [3.8, 4) is 11.5 Å². The molecule has 0 radical (unpaired) electrons. The molecule has 0 aliphatic carbocycles. The van der Waals surface area contributed by atoms with E-state index in [4.69, 9.17) is 9.47 Å². The van der Waals surface area contributed by atoms with Crippen LogP contribution in [0.2, 0.25) is 0 Å². The summed E-state index contributed by atoms with van der Waals surface area (Å²) in [6.45, 7) is 1.43. The van der Waals surface area contributed by atoms with Gasteiger partial charge in [-0.2, -0.15) is 0 Å². The van der Waals surface area contributed by atoms with Gasteiger partial charge >= 0.3 is 11.2 Å². The van der Waals surface area contributed by atoms with Crippen molar-refractivity contribution >= 4 is 11.6 Å². The van der Waals surface area contributed by atoms with E-state index in [9.17, 15) is 19.7 Å². The van der Waals surface area contributed by atoms with Gasteiger partial charge in [-0.05, 0) is 36.1 Å². The predicted molar refractivity (Wildman–Crippen MR) is 108 cm³/mol. The number of ether oxygens (including phenoxy) is 2. The molecule has 0 unspecified atom stereocenters. The highest BCUT2D eigenvalue weighted by atomic mass is 16.6. The van der Waals surface area contributed by atoms with Gasteiger partial charge in [0.2, 0.25) is 5.91 Å². The van der Waals surface area contributed by atoms with Gasteiger partial charge in [0.15, 0.2) is 11.5 Å². The zero-order chi connectivity index (χ0) is 21.4. The molecule has 30 heavy (non-hydrogen) atoms. The molecule has 3 heterocycles. The van der Waals surface area contributed by atoms with Crippen molar-refractivity contribution in [3.63, 3.8) is 0 Å². The second kappa shape index (κ2) is 7.81. The molecule has 1 amide bonds. The SMILES string of the molecule is COc1ccc(CC(=O)N2C[C@H]3C[C@@H](C2)c2ccc([N+](=O)[O-])c(=O)n2C3)cc1OC. The normalized spacial score (nSPS) is 19.7. The van der Waals surface area contributed by atoms with E-state index in [0.29, 0.717) is 31.1 Å².